The summed E-state index contributed by atoms with van der Waals surface area (Å²) in [6, 6.07) is 0. The molecule has 1 saturated carbocycles. The van der Waals surface area contributed by atoms with Crippen LogP contribution in [0.2, 0.25) is 0 Å². The van der Waals surface area contributed by atoms with Gasteiger partial charge in [-0.15, -0.1) is 0 Å². The first kappa shape index (κ1) is 10.2. The molecular formula is C10H16N4O. The molecule has 1 aliphatic carbocycles. The molecule has 1 aliphatic rings. The first-order chi connectivity index (χ1) is 7.25. The molecule has 1 heterocycles. The second-order valence-corrected chi connectivity index (χ2v) is 4.00. The van der Waals surface area contributed by atoms with Crippen molar-refractivity contribution in [1.82, 2.24) is 9.97 Å². The second-order valence-electron chi connectivity index (χ2n) is 4.00. The Labute approximate surface area is 88.7 Å². The number of aromatic nitrogens is 2. The van der Waals surface area contributed by atoms with Crippen molar-refractivity contribution < 1.29 is 5.11 Å². The molecule has 15 heavy (non-hydrogen) atoms. The van der Waals surface area contributed by atoms with Crippen molar-refractivity contribution >= 4 is 11.6 Å². The van der Waals surface area contributed by atoms with Gasteiger partial charge < -0.3 is 16.2 Å². The minimum atomic E-state index is -0.129. The number of aliphatic hydroxyl groups is 1. The molecule has 2 atom stereocenters. The zero-order valence-electron chi connectivity index (χ0n) is 8.56. The Morgan fingerprint density at radius 1 is 1.40 bits per heavy atom. The van der Waals surface area contributed by atoms with Crippen LogP contribution in [0.15, 0.2) is 12.4 Å². The van der Waals surface area contributed by atoms with E-state index in [1.54, 1.807) is 12.4 Å². The largest absolute Gasteiger partial charge is 0.393 e. The zero-order valence-corrected chi connectivity index (χ0v) is 8.56. The molecule has 0 saturated heterocycles. The molecule has 4 N–H and O–H groups in total. The van der Waals surface area contributed by atoms with Crippen molar-refractivity contribution in [2.75, 3.05) is 17.6 Å². The fraction of sp³-hybridized carbons (Fsp3) is 0.600. The summed E-state index contributed by atoms with van der Waals surface area (Å²) in [6.07, 6.45) is 5.89. The van der Waals surface area contributed by atoms with E-state index < -0.39 is 0 Å². The van der Waals surface area contributed by atoms with Crippen LogP contribution in [0.1, 0.15) is 19.3 Å². The van der Waals surface area contributed by atoms with Crippen LogP contribution in [0.5, 0.6) is 0 Å². The van der Waals surface area contributed by atoms with E-state index in [9.17, 15) is 5.11 Å². The van der Waals surface area contributed by atoms with Gasteiger partial charge in [0.25, 0.3) is 0 Å². The fourth-order valence-corrected chi connectivity index (χ4v) is 1.96. The summed E-state index contributed by atoms with van der Waals surface area (Å²) >= 11 is 0. The Balaban J connectivity index is 1.86. The molecule has 0 amide bonds. The first-order valence-corrected chi connectivity index (χ1v) is 5.24. The molecule has 1 aromatic rings. The Morgan fingerprint density at radius 2 is 2.20 bits per heavy atom. The Kier molecular flexibility index (Phi) is 3.01. The highest BCUT2D eigenvalue weighted by Gasteiger charge is 2.22. The van der Waals surface area contributed by atoms with Gasteiger partial charge in [-0.05, 0) is 25.2 Å². The van der Waals surface area contributed by atoms with Gasteiger partial charge in [0, 0.05) is 18.9 Å². The van der Waals surface area contributed by atoms with E-state index >= 15 is 0 Å². The van der Waals surface area contributed by atoms with Gasteiger partial charge in [-0.1, -0.05) is 0 Å². The third kappa shape index (κ3) is 2.56. The van der Waals surface area contributed by atoms with Crippen molar-refractivity contribution in [3.63, 3.8) is 0 Å². The van der Waals surface area contributed by atoms with Gasteiger partial charge in [0.1, 0.15) is 0 Å². The molecule has 2 unspecified atom stereocenters. The van der Waals surface area contributed by atoms with Crippen LogP contribution in [0.25, 0.3) is 0 Å². The van der Waals surface area contributed by atoms with Gasteiger partial charge in [0.2, 0.25) is 0 Å². The second kappa shape index (κ2) is 4.44. The molecule has 1 aromatic heterocycles. The van der Waals surface area contributed by atoms with Crippen LogP contribution in [0.4, 0.5) is 11.6 Å². The van der Waals surface area contributed by atoms with Crippen LogP contribution in [-0.2, 0) is 0 Å². The van der Waals surface area contributed by atoms with Crippen molar-refractivity contribution in [3.8, 4) is 0 Å². The summed E-state index contributed by atoms with van der Waals surface area (Å²) < 4.78 is 0. The number of nitrogens with zero attached hydrogens (tertiary/aromatic N) is 2. The van der Waals surface area contributed by atoms with Gasteiger partial charge in [-0.2, -0.15) is 0 Å². The average molecular weight is 208 g/mol. The highest BCUT2D eigenvalue weighted by Crippen LogP contribution is 2.25. The lowest BCUT2D eigenvalue weighted by atomic mass is 10.1. The average Bonchev–Trinajstić information content (AvgIpc) is 2.63. The maximum Gasteiger partial charge on any atom is 0.168 e. The van der Waals surface area contributed by atoms with E-state index in [-0.39, 0.29) is 6.10 Å². The number of hydrogen-bond donors (Lipinski definition) is 3. The van der Waals surface area contributed by atoms with E-state index in [0.717, 1.165) is 25.8 Å². The van der Waals surface area contributed by atoms with Crippen LogP contribution in [-0.4, -0.2) is 27.7 Å². The van der Waals surface area contributed by atoms with Crippen LogP contribution in [0, 0.1) is 5.92 Å². The highest BCUT2D eigenvalue weighted by molar-refractivity contribution is 5.54. The summed E-state index contributed by atoms with van der Waals surface area (Å²) in [5, 5.41) is 12.5. The molecule has 5 heteroatoms. The van der Waals surface area contributed by atoms with Crippen LogP contribution < -0.4 is 11.1 Å². The Hall–Kier alpha value is -1.36. The topological polar surface area (TPSA) is 84.1 Å². The number of nitrogens with two attached hydrogens (primary N) is 1. The number of nitrogen functional groups attached to an aromatic ring is 1. The van der Waals surface area contributed by atoms with Gasteiger partial charge in [0.15, 0.2) is 11.6 Å². The number of aliphatic hydroxyl groups excluding tert-OH is 1. The lowest BCUT2D eigenvalue weighted by Gasteiger charge is -2.11. The molecule has 82 valence electrons. The van der Waals surface area contributed by atoms with Crippen LogP contribution >= 0.6 is 0 Å². The smallest absolute Gasteiger partial charge is 0.168 e. The highest BCUT2D eigenvalue weighted by atomic mass is 16.3. The van der Waals surface area contributed by atoms with Crippen molar-refractivity contribution in [3.05, 3.63) is 12.4 Å². The van der Waals surface area contributed by atoms with Gasteiger partial charge in [-0.3, -0.25) is 0 Å². The van der Waals surface area contributed by atoms with E-state index in [1.165, 1.54) is 0 Å². The molecule has 0 aromatic carbocycles. The zero-order chi connectivity index (χ0) is 10.7. The molecule has 0 radical (unpaired) electrons. The fourth-order valence-electron chi connectivity index (χ4n) is 1.96. The van der Waals surface area contributed by atoms with E-state index in [1.807, 2.05) is 0 Å². The molecule has 0 bridgehead atoms. The normalized spacial score (nSPS) is 25.4. The molecule has 0 spiro atoms. The molecular weight excluding hydrogens is 192 g/mol. The number of hydrogen-bond acceptors (Lipinski definition) is 5. The standard InChI is InChI=1S/C10H16N4O/c11-9-10(13-4-3-12-9)14-6-7-1-2-8(15)5-7/h3-4,7-8,15H,1-2,5-6H2,(H2,11,12)(H,13,14). The summed E-state index contributed by atoms with van der Waals surface area (Å²) in [6.45, 7) is 0.806. The van der Waals surface area contributed by atoms with Crippen molar-refractivity contribution in [2.45, 2.75) is 25.4 Å². The molecule has 5 nitrogen and oxygen atoms in total. The number of rotatable bonds is 3. The van der Waals surface area contributed by atoms with E-state index in [4.69, 9.17) is 5.73 Å². The molecule has 0 aliphatic heterocycles. The van der Waals surface area contributed by atoms with Crippen molar-refractivity contribution in [2.24, 2.45) is 5.92 Å². The Bertz CT molecular complexity index is 331. The first-order valence-electron chi connectivity index (χ1n) is 5.24. The number of anilines is 2. The summed E-state index contributed by atoms with van der Waals surface area (Å²) in [5.41, 5.74) is 5.65. The SMILES string of the molecule is Nc1nccnc1NCC1CCC(O)C1. The van der Waals surface area contributed by atoms with E-state index in [0.29, 0.717) is 17.6 Å². The van der Waals surface area contributed by atoms with Gasteiger partial charge >= 0.3 is 0 Å². The third-order valence-corrected chi connectivity index (χ3v) is 2.80. The lowest BCUT2D eigenvalue weighted by molar-refractivity contribution is 0.178. The summed E-state index contributed by atoms with van der Waals surface area (Å²) in [4.78, 5) is 8.04. The third-order valence-electron chi connectivity index (χ3n) is 2.80. The molecule has 1 fully saturated rings. The summed E-state index contributed by atoms with van der Waals surface area (Å²) in [5.74, 6) is 1.58. The van der Waals surface area contributed by atoms with Crippen molar-refractivity contribution in [1.29, 1.82) is 0 Å². The molecule has 2 rings (SSSR count). The predicted molar refractivity (Wildman–Crippen MR) is 58.3 cm³/mol. The van der Waals surface area contributed by atoms with E-state index in [2.05, 4.69) is 15.3 Å². The van der Waals surface area contributed by atoms with Gasteiger partial charge in [0.05, 0.1) is 6.10 Å². The monoisotopic (exact) mass is 208 g/mol. The minimum Gasteiger partial charge on any atom is -0.393 e. The van der Waals surface area contributed by atoms with Crippen LogP contribution in [0.3, 0.4) is 0 Å². The lowest BCUT2D eigenvalue weighted by Crippen LogP contribution is -2.14. The maximum atomic E-state index is 9.37. The minimum absolute atomic E-state index is 0.129. The Morgan fingerprint density at radius 3 is 2.87 bits per heavy atom. The number of nitrogens with one attached hydrogen (secondary N) is 1. The quantitative estimate of drug-likeness (QED) is 0.678. The van der Waals surface area contributed by atoms with Gasteiger partial charge in [-0.25, -0.2) is 9.97 Å². The maximum absolute atomic E-state index is 9.37. The predicted octanol–water partition coefficient (Wildman–Crippen LogP) is 0.632. The summed E-state index contributed by atoms with van der Waals surface area (Å²) in [7, 11) is 0.